The van der Waals surface area contributed by atoms with Gasteiger partial charge in [-0.25, -0.2) is 4.98 Å². The molecule has 1 aliphatic rings. The summed E-state index contributed by atoms with van der Waals surface area (Å²) in [7, 11) is 0. The lowest BCUT2D eigenvalue weighted by Crippen LogP contribution is -2.22. The van der Waals surface area contributed by atoms with Gasteiger partial charge in [0.25, 0.3) is 0 Å². The molecule has 1 aromatic carbocycles. The zero-order valence-electron chi connectivity index (χ0n) is 12.5. The molecule has 0 amide bonds. The molecule has 0 spiro atoms. The van der Waals surface area contributed by atoms with Crippen LogP contribution in [0.15, 0.2) is 47.8 Å². The lowest BCUT2D eigenvalue weighted by Gasteiger charge is -2.15. The van der Waals surface area contributed by atoms with Gasteiger partial charge >= 0.3 is 0 Å². The summed E-state index contributed by atoms with van der Waals surface area (Å²) in [6.45, 7) is 0.767. The van der Waals surface area contributed by atoms with Crippen LogP contribution in [0.2, 0.25) is 0 Å². The van der Waals surface area contributed by atoms with Crippen LogP contribution < -0.4 is 5.32 Å². The summed E-state index contributed by atoms with van der Waals surface area (Å²) in [5.41, 5.74) is 1.28. The molecule has 22 heavy (non-hydrogen) atoms. The Morgan fingerprint density at radius 3 is 2.82 bits per heavy atom. The van der Waals surface area contributed by atoms with Crippen molar-refractivity contribution < 1.29 is 5.11 Å². The highest BCUT2D eigenvalue weighted by molar-refractivity contribution is 7.98. The van der Waals surface area contributed by atoms with Crippen molar-refractivity contribution in [3.8, 4) is 0 Å². The molecule has 2 aromatic rings. The fraction of sp³-hybridized carbons (Fsp3) is 0.412. The van der Waals surface area contributed by atoms with Gasteiger partial charge in [0.2, 0.25) is 0 Å². The summed E-state index contributed by atoms with van der Waals surface area (Å²) in [5, 5.41) is 14.1. The van der Waals surface area contributed by atoms with Crippen molar-refractivity contribution in [2.24, 2.45) is 5.92 Å². The summed E-state index contributed by atoms with van der Waals surface area (Å²) < 4.78 is 0. The van der Waals surface area contributed by atoms with E-state index in [1.54, 1.807) is 24.2 Å². The smallest absolute Gasteiger partial charge is 0.145 e. The summed E-state index contributed by atoms with van der Waals surface area (Å²) >= 11 is 1.68. The Hall–Kier alpha value is -1.59. The van der Waals surface area contributed by atoms with Gasteiger partial charge < -0.3 is 10.4 Å². The number of hydrogen-bond donors (Lipinski definition) is 2. The van der Waals surface area contributed by atoms with E-state index in [9.17, 15) is 5.11 Å². The number of hydrogen-bond acceptors (Lipinski definition) is 5. The van der Waals surface area contributed by atoms with E-state index in [2.05, 4.69) is 27.4 Å². The molecular formula is C17H21N3OS. The molecule has 116 valence electrons. The number of nitrogens with one attached hydrogen (secondary N) is 1. The third kappa shape index (κ3) is 4.21. The number of rotatable bonds is 6. The van der Waals surface area contributed by atoms with Crippen LogP contribution in [0, 0.1) is 5.92 Å². The second kappa shape index (κ2) is 7.61. The summed E-state index contributed by atoms with van der Waals surface area (Å²) in [6.07, 6.45) is 6.49. The summed E-state index contributed by atoms with van der Waals surface area (Å²) in [4.78, 5) is 8.83. The van der Waals surface area contributed by atoms with E-state index in [-0.39, 0.29) is 6.10 Å². The number of anilines is 1. The van der Waals surface area contributed by atoms with Gasteiger partial charge in [-0.2, -0.15) is 0 Å². The van der Waals surface area contributed by atoms with Crippen molar-refractivity contribution in [1.82, 2.24) is 9.97 Å². The van der Waals surface area contributed by atoms with Gasteiger partial charge in [-0.1, -0.05) is 36.8 Å². The van der Waals surface area contributed by atoms with Crippen LogP contribution in [0.25, 0.3) is 0 Å². The number of aliphatic hydroxyl groups excluding tert-OH is 1. The molecule has 2 atom stereocenters. The maximum absolute atomic E-state index is 9.85. The van der Waals surface area contributed by atoms with Crippen molar-refractivity contribution in [2.75, 3.05) is 11.9 Å². The van der Waals surface area contributed by atoms with Crippen LogP contribution in [-0.2, 0) is 5.75 Å². The molecule has 5 heteroatoms. The average Bonchev–Trinajstić information content (AvgIpc) is 2.98. The SMILES string of the molecule is OC1CCCC1CNc1cncc(SCc2ccccc2)n1. The normalized spacial score (nSPS) is 21.0. The van der Waals surface area contributed by atoms with Gasteiger partial charge in [0.15, 0.2) is 0 Å². The minimum absolute atomic E-state index is 0.170. The van der Waals surface area contributed by atoms with Crippen LogP contribution in [-0.4, -0.2) is 27.7 Å². The highest BCUT2D eigenvalue weighted by Gasteiger charge is 2.24. The maximum Gasteiger partial charge on any atom is 0.145 e. The first-order valence-electron chi connectivity index (χ1n) is 7.72. The van der Waals surface area contributed by atoms with Crippen molar-refractivity contribution >= 4 is 17.6 Å². The molecule has 1 saturated carbocycles. The quantitative estimate of drug-likeness (QED) is 0.801. The predicted octanol–water partition coefficient (Wildman–Crippen LogP) is 3.34. The highest BCUT2D eigenvalue weighted by Crippen LogP contribution is 2.26. The predicted molar refractivity (Wildman–Crippen MR) is 89.9 cm³/mol. The number of thioether (sulfide) groups is 1. The van der Waals surface area contributed by atoms with E-state index in [1.165, 1.54) is 5.56 Å². The molecule has 4 nitrogen and oxygen atoms in total. The van der Waals surface area contributed by atoms with Crippen LogP contribution in [0.3, 0.4) is 0 Å². The van der Waals surface area contributed by atoms with Crippen LogP contribution in [0.5, 0.6) is 0 Å². The Kier molecular flexibility index (Phi) is 5.29. The fourth-order valence-corrected chi connectivity index (χ4v) is 3.53. The molecule has 1 aromatic heterocycles. The number of benzene rings is 1. The Balaban J connectivity index is 1.53. The molecule has 1 heterocycles. The molecule has 0 radical (unpaired) electrons. The second-order valence-corrected chi connectivity index (χ2v) is 6.65. The molecular weight excluding hydrogens is 294 g/mol. The highest BCUT2D eigenvalue weighted by atomic mass is 32.2. The molecule has 2 unspecified atom stereocenters. The van der Waals surface area contributed by atoms with Gasteiger partial charge in [0.1, 0.15) is 10.8 Å². The Bertz CT molecular complexity index is 593. The Morgan fingerprint density at radius 1 is 1.18 bits per heavy atom. The van der Waals surface area contributed by atoms with Gasteiger partial charge in [-0.3, -0.25) is 4.98 Å². The second-order valence-electron chi connectivity index (χ2n) is 5.66. The summed E-state index contributed by atoms with van der Waals surface area (Å²) in [5.74, 6) is 2.01. The van der Waals surface area contributed by atoms with Crippen molar-refractivity contribution in [2.45, 2.75) is 36.1 Å². The Labute approximate surface area is 135 Å². The standard InChI is InChI=1S/C17H21N3OS/c21-15-8-4-7-14(15)9-19-16-10-18-11-17(20-16)22-12-13-5-2-1-3-6-13/h1-3,5-6,10-11,14-15,21H,4,7-9,12H2,(H,19,20). The van der Waals surface area contributed by atoms with Crippen molar-refractivity contribution in [1.29, 1.82) is 0 Å². The van der Waals surface area contributed by atoms with Gasteiger partial charge in [-0.05, 0) is 18.4 Å². The third-order valence-electron chi connectivity index (χ3n) is 4.01. The molecule has 2 N–H and O–H groups in total. The average molecular weight is 315 g/mol. The number of aliphatic hydroxyl groups is 1. The molecule has 0 bridgehead atoms. The first kappa shape index (κ1) is 15.3. The van der Waals surface area contributed by atoms with Crippen LogP contribution in [0.1, 0.15) is 24.8 Å². The van der Waals surface area contributed by atoms with E-state index in [0.29, 0.717) is 5.92 Å². The fourth-order valence-electron chi connectivity index (χ4n) is 2.73. The first-order valence-corrected chi connectivity index (χ1v) is 8.70. The van der Waals surface area contributed by atoms with Crippen molar-refractivity contribution in [3.63, 3.8) is 0 Å². The van der Waals surface area contributed by atoms with E-state index in [4.69, 9.17) is 0 Å². The van der Waals surface area contributed by atoms with Crippen LogP contribution >= 0.6 is 11.8 Å². The maximum atomic E-state index is 9.85. The third-order valence-corrected chi connectivity index (χ3v) is 4.98. The lowest BCUT2D eigenvalue weighted by atomic mass is 10.1. The van der Waals surface area contributed by atoms with E-state index >= 15 is 0 Å². The summed E-state index contributed by atoms with van der Waals surface area (Å²) in [6, 6.07) is 10.4. The minimum atomic E-state index is -0.170. The van der Waals surface area contributed by atoms with E-state index < -0.39 is 0 Å². The zero-order valence-corrected chi connectivity index (χ0v) is 13.3. The lowest BCUT2D eigenvalue weighted by molar-refractivity contribution is 0.138. The van der Waals surface area contributed by atoms with E-state index in [1.807, 2.05) is 18.2 Å². The molecule has 0 aliphatic heterocycles. The van der Waals surface area contributed by atoms with Gasteiger partial charge in [0.05, 0.1) is 18.5 Å². The molecule has 1 fully saturated rings. The monoisotopic (exact) mass is 315 g/mol. The number of nitrogens with zero attached hydrogens (tertiary/aromatic N) is 2. The number of aromatic nitrogens is 2. The molecule has 3 rings (SSSR count). The molecule has 1 aliphatic carbocycles. The topological polar surface area (TPSA) is 58.0 Å². The minimum Gasteiger partial charge on any atom is -0.393 e. The van der Waals surface area contributed by atoms with Gasteiger partial charge in [0, 0.05) is 18.2 Å². The first-order chi connectivity index (χ1) is 10.8. The van der Waals surface area contributed by atoms with Crippen molar-refractivity contribution in [3.05, 3.63) is 48.3 Å². The zero-order chi connectivity index (χ0) is 15.2. The van der Waals surface area contributed by atoms with Gasteiger partial charge in [-0.15, -0.1) is 11.8 Å². The van der Waals surface area contributed by atoms with E-state index in [0.717, 1.165) is 42.4 Å². The molecule has 0 saturated heterocycles. The van der Waals surface area contributed by atoms with Crippen LogP contribution in [0.4, 0.5) is 5.82 Å². The largest absolute Gasteiger partial charge is 0.393 e. The Morgan fingerprint density at radius 2 is 2.05 bits per heavy atom.